The van der Waals surface area contributed by atoms with Crippen LogP contribution in [0.15, 0.2) is 109 Å². The van der Waals surface area contributed by atoms with Crippen LogP contribution in [0.1, 0.15) is 13.9 Å². The number of hydrogen-bond acceptors (Lipinski definition) is 5. The zero-order valence-electron chi connectivity index (χ0n) is 18.9. The second-order valence-corrected chi connectivity index (χ2v) is 8.40. The highest BCUT2D eigenvalue weighted by molar-refractivity contribution is 7.99. The van der Waals surface area contributed by atoms with Crippen LogP contribution < -0.4 is 5.32 Å². The lowest BCUT2D eigenvalue weighted by Gasteiger charge is -2.13. The summed E-state index contributed by atoms with van der Waals surface area (Å²) in [7, 11) is 0. The molecule has 0 aliphatic heterocycles. The van der Waals surface area contributed by atoms with Gasteiger partial charge in [0.05, 0.1) is 12.3 Å². The summed E-state index contributed by atoms with van der Waals surface area (Å²) in [6.45, 7) is 6.17. The van der Waals surface area contributed by atoms with Gasteiger partial charge in [0.25, 0.3) is 0 Å². The van der Waals surface area contributed by atoms with Crippen LogP contribution in [0.25, 0.3) is 22.2 Å². The molecule has 0 spiro atoms. The lowest BCUT2D eigenvalue weighted by Crippen LogP contribution is -2.23. The van der Waals surface area contributed by atoms with Crippen molar-refractivity contribution in [3.8, 4) is 11.4 Å². The number of allylic oxidation sites excluding steroid dienone is 4. The summed E-state index contributed by atoms with van der Waals surface area (Å²) in [5.74, 6) is 0.816. The Morgan fingerprint density at radius 2 is 1.91 bits per heavy atom. The number of fused-ring (bicyclic) bond motifs is 1. The number of pyridine rings is 1. The molecular weight excluding hydrogens is 442 g/mol. The number of thioether (sulfide) groups is 1. The van der Waals surface area contributed by atoms with Crippen LogP contribution in [0.4, 0.5) is 0 Å². The van der Waals surface area contributed by atoms with E-state index in [4.69, 9.17) is 0 Å². The maximum Gasteiger partial charge on any atom is 0.234 e. The summed E-state index contributed by atoms with van der Waals surface area (Å²) in [6.07, 6.45) is 10.6. The van der Waals surface area contributed by atoms with Crippen LogP contribution in [0.2, 0.25) is 0 Å². The van der Waals surface area contributed by atoms with E-state index < -0.39 is 0 Å². The second kappa shape index (κ2) is 11.2. The number of nitrogens with zero attached hydrogens (tertiary/aromatic N) is 4. The molecule has 2 aromatic carbocycles. The van der Waals surface area contributed by atoms with Gasteiger partial charge in [-0.2, -0.15) is 0 Å². The average molecular weight is 470 g/mol. The van der Waals surface area contributed by atoms with Crippen molar-refractivity contribution in [2.24, 2.45) is 0 Å². The standard InChI is InChI=1S/C27H25N5OS.H2/c1-3-8-23(9-4-2)29-25(33)19-34-27-31-30-26(21-14-16-28-17-15-21)32(27)18-22-12-7-11-20-10-5-6-13-24(20)22;/h3-17H,1,18-19H2,2H3,(H,29,33);1H/b9-4-,23-8+;. The minimum Gasteiger partial charge on any atom is -0.325 e. The predicted molar refractivity (Wildman–Crippen MR) is 140 cm³/mol. The number of amides is 1. The monoisotopic (exact) mass is 469 g/mol. The number of carbonyl (C=O) groups excluding carboxylic acids is 1. The molecule has 2 heterocycles. The fraction of sp³-hybridized carbons (Fsp3) is 0.111. The van der Waals surface area contributed by atoms with Crippen molar-refractivity contribution in [3.63, 3.8) is 0 Å². The third-order valence-electron chi connectivity index (χ3n) is 5.12. The average Bonchev–Trinajstić information content (AvgIpc) is 3.26. The maximum atomic E-state index is 12.6. The maximum absolute atomic E-state index is 12.6. The first kappa shape index (κ1) is 23.2. The van der Waals surface area contributed by atoms with Crippen LogP contribution in [0.5, 0.6) is 0 Å². The van der Waals surface area contributed by atoms with Gasteiger partial charge < -0.3 is 5.32 Å². The van der Waals surface area contributed by atoms with Gasteiger partial charge in [-0.25, -0.2) is 0 Å². The molecular formula is C27H27N5OS. The number of hydrogen-bond donors (Lipinski definition) is 1. The summed E-state index contributed by atoms with van der Waals surface area (Å²) in [5.41, 5.74) is 2.77. The molecule has 172 valence electrons. The van der Waals surface area contributed by atoms with Crippen LogP contribution in [-0.2, 0) is 11.3 Å². The summed E-state index contributed by atoms with van der Waals surface area (Å²) in [6, 6.07) is 18.4. The number of nitrogens with one attached hydrogen (secondary N) is 1. The number of benzene rings is 2. The number of carbonyl (C=O) groups is 1. The molecule has 0 saturated carbocycles. The molecule has 1 N–H and O–H groups in total. The first-order valence-corrected chi connectivity index (χ1v) is 11.9. The van der Waals surface area contributed by atoms with Gasteiger partial charge in [-0.15, -0.1) is 10.2 Å². The van der Waals surface area contributed by atoms with Crippen molar-refractivity contribution >= 4 is 28.4 Å². The van der Waals surface area contributed by atoms with Crippen LogP contribution in [0.3, 0.4) is 0 Å². The zero-order chi connectivity index (χ0) is 23.8. The first-order chi connectivity index (χ1) is 16.7. The van der Waals surface area contributed by atoms with Crippen molar-refractivity contribution < 1.29 is 6.22 Å². The molecule has 34 heavy (non-hydrogen) atoms. The van der Waals surface area contributed by atoms with Crippen LogP contribution in [0, 0.1) is 0 Å². The number of rotatable bonds is 9. The zero-order valence-corrected chi connectivity index (χ0v) is 19.7. The van der Waals surface area contributed by atoms with E-state index in [2.05, 4.69) is 62.0 Å². The fourth-order valence-electron chi connectivity index (χ4n) is 3.63. The Morgan fingerprint density at radius 3 is 2.71 bits per heavy atom. The Morgan fingerprint density at radius 1 is 1.12 bits per heavy atom. The lowest BCUT2D eigenvalue weighted by molar-refractivity contribution is -0.117. The Hall–Kier alpha value is -3.97. The first-order valence-electron chi connectivity index (χ1n) is 10.9. The minimum atomic E-state index is -0.124. The normalized spacial score (nSPS) is 11.7. The van der Waals surface area contributed by atoms with Crippen molar-refractivity contribution in [2.75, 3.05) is 5.75 Å². The molecule has 4 aromatic rings. The van der Waals surface area contributed by atoms with Crippen LogP contribution in [-0.4, -0.2) is 31.4 Å². The van der Waals surface area contributed by atoms with Gasteiger partial charge in [-0.1, -0.05) is 73.0 Å². The highest BCUT2D eigenvalue weighted by atomic mass is 32.2. The molecule has 4 rings (SSSR count). The molecule has 1 amide bonds. The van der Waals surface area contributed by atoms with Crippen molar-refractivity contribution in [2.45, 2.75) is 18.6 Å². The number of aromatic nitrogens is 4. The molecule has 0 unspecified atom stereocenters. The third kappa shape index (κ3) is 5.50. The Balaban J connectivity index is 0.00000342. The summed E-state index contributed by atoms with van der Waals surface area (Å²) in [4.78, 5) is 16.7. The van der Waals surface area contributed by atoms with Gasteiger partial charge in [-0.3, -0.25) is 14.3 Å². The third-order valence-corrected chi connectivity index (χ3v) is 6.09. The van der Waals surface area contributed by atoms with Gasteiger partial charge in [-0.05, 0) is 47.5 Å². The molecule has 0 radical (unpaired) electrons. The highest BCUT2D eigenvalue weighted by Gasteiger charge is 2.17. The molecule has 7 heteroatoms. The van der Waals surface area contributed by atoms with E-state index in [0.29, 0.717) is 17.4 Å². The Kier molecular flexibility index (Phi) is 7.67. The van der Waals surface area contributed by atoms with E-state index in [1.165, 1.54) is 22.5 Å². The van der Waals surface area contributed by atoms with Gasteiger partial charge in [0.2, 0.25) is 5.91 Å². The quantitative estimate of drug-likeness (QED) is 0.254. The van der Waals surface area contributed by atoms with Gasteiger partial charge in [0.15, 0.2) is 11.0 Å². The van der Waals surface area contributed by atoms with E-state index in [0.717, 1.165) is 17.0 Å². The van der Waals surface area contributed by atoms with Crippen molar-refractivity contribution in [3.05, 3.63) is 109 Å². The SMILES string of the molecule is C=C/C=C(\C=C/C)NC(=O)CSc1nnc(-c2ccncc2)n1Cc1cccc2ccccc12.[HH]. The summed E-state index contributed by atoms with van der Waals surface area (Å²) in [5, 5.41) is 14.8. The topological polar surface area (TPSA) is 72.7 Å². The van der Waals surface area contributed by atoms with E-state index in [9.17, 15) is 4.79 Å². The molecule has 0 aliphatic carbocycles. The minimum absolute atomic E-state index is 0. The largest absolute Gasteiger partial charge is 0.325 e. The van der Waals surface area contributed by atoms with Crippen molar-refractivity contribution in [1.82, 2.24) is 25.1 Å². The summed E-state index contributed by atoms with van der Waals surface area (Å²) >= 11 is 1.36. The fourth-order valence-corrected chi connectivity index (χ4v) is 4.36. The summed E-state index contributed by atoms with van der Waals surface area (Å²) < 4.78 is 2.06. The van der Waals surface area contributed by atoms with Gasteiger partial charge in [0.1, 0.15) is 0 Å². The molecule has 0 atom stereocenters. The Bertz CT molecular complexity index is 1360. The van der Waals surface area contributed by atoms with E-state index in [1.54, 1.807) is 24.5 Å². The lowest BCUT2D eigenvalue weighted by atomic mass is 10.0. The van der Waals surface area contributed by atoms with Crippen molar-refractivity contribution in [1.29, 1.82) is 0 Å². The molecule has 0 saturated heterocycles. The highest BCUT2D eigenvalue weighted by Crippen LogP contribution is 2.27. The molecule has 0 fully saturated rings. The van der Waals surface area contributed by atoms with E-state index in [-0.39, 0.29) is 13.1 Å². The second-order valence-electron chi connectivity index (χ2n) is 7.46. The van der Waals surface area contributed by atoms with E-state index in [1.807, 2.05) is 43.3 Å². The van der Waals surface area contributed by atoms with Gasteiger partial charge in [0, 0.05) is 25.1 Å². The molecule has 2 aromatic heterocycles. The molecule has 0 bridgehead atoms. The molecule has 6 nitrogen and oxygen atoms in total. The predicted octanol–water partition coefficient (Wildman–Crippen LogP) is 5.64. The molecule has 0 aliphatic rings. The van der Waals surface area contributed by atoms with Crippen LogP contribution >= 0.6 is 11.8 Å². The van der Waals surface area contributed by atoms with E-state index >= 15 is 0 Å². The van der Waals surface area contributed by atoms with Gasteiger partial charge >= 0.3 is 0 Å². The smallest absolute Gasteiger partial charge is 0.234 e. The Labute approximate surface area is 204 Å².